The second-order valence-corrected chi connectivity index (χ2v) is 4.86. The van der Waals surface area contributed by atoms with Crippen molar-refractivity contribution in [2.24, 2.45) is 5.92 Å². The predicted molar refractivity (Wildman–Crippen MR) is 68.8 cm³/mol. The molecule has 0 aromatic carbocycles. The van der Waals surface area contributed by atoms with E-state index in [0.717, 1.165) is 26.0 Å². The van der Waals surface area contributed by atoms with Crippen LogP contribution in [0.2, 0.25) is 0 Å². The lowest BCUT2D eigenvalue weighted by atomic mass is 9.92. The van der Waals surface area contributed by atoms with Gasteiger partial charge in [-0.1, -0.05) is 13.0 Å². The minimum absolute atomic E-state index is 0.383. The van der Waals surface area contributed by atoms with Crippen LogP contribution in [0.25, 0.3) is 0 Å². The minimum Gasteiger partial charge on any atom is -0.378 e. The van der Waals surface area contributed by atoms with E-state index in [-0.39, 0.29) is 0 Å². The number of ether oxygens (including phenoxy) is 1. The first kappa shape index (κ1) is 12.5. The molecule has 0 saturated carbocycles. The summed E-state index contributed by atoms with van der Waals surface area (Å²) in [6, 6.07) is 4.55. The minimum atomic E-state index is 0.383. The van der Waals surface area contributed by atoms with Crippen molar-refractivity contribution in [1.82, 2.24) is 10.3 Å². The van der Waals surface area contributed by atoms with Gasteiger partial charge in [-0.2, -0.15) is 0 Å². The molecule has 2 rings (SSSR count). The Labute approximate surface area is 104 Å². The van der Waals surface area contributed by atoms with Crippen molar-refractivity contribution in [3.63, 3.8) is 0 Å². The number of aromatic nitrogens is 1. The Kier molecular flexibility index (Phi) is 4.51. The third-order valence-corrected chi connectivity index (χ3v) is 3.36. The molecule has 3 unspecified atom stereocenters. The number of hydrogen-bond acceptors (Lipinski definition) is 3. The SMILES string of the molecule is CCCNC(c1cccnc1)C1COC(C)C1. The topological polar surface area (TPSA) is 34.2 Å². The second kappa shape index (κ2) is 6.12. The smallest absolute Gasteiger partial charge is 0.0551 e. The van der Waals surface area contributed by atoms with E-state index in [9.17, 15) is 0 Å². The monoisotopic (exact) mass is 234 g/mol. The van der Waals surface area contributed by atoms with Crippen LogP contribution < -0.4 is 5.32 Å². The highest BCUT2D eigenvalue weighted by atomic mass is 16.5. The summed E-state index contributed by atoms with van der Waals surface area (Å²) in [6.45, 7) is 6.25. The van der Waals surface area contributed by atoms with Gasteiger partial charge in [0, 0.05) is 24.4 Å². The molecule has 1 aromatic rings. The molecule has 1 aromatic heterocycles. The van der Waals surface area contributed by atoms with Gasteiger partial charge in [-0.3, -0.25) is 4.98 Å². The van der Waals surface area contributed by atoms with Crippen LogP contribution in [-0.2, 0) is 4.74 Å². The van der Waals surface area contributed by atoms with Gasteiger partial charge < -0.3 is 10.1 Å². The molecule has 3 atom stereocenters. The molecular weight excluding hydrogens is 212 g/mol. The summed E-state index contributed by atoms with van der Waals surface area (Å²) >= 11 is 0. The first-order valence-corrected chi connectivity index (χ1v) is 6.56. The summed E-state index contributed by atoms with van der Waals surface area (Å²) in [6.07, 6.45) is 6.48. The summed E-state index contributed by atoms with van der Waals surface area (Å²) in [5.74, 6) is 0.570. The van der Waals surface area contributed by atoms with Crippen molar-refractivity contribution in [3.05, 3.63) is 30.1 Å². The van der Waals surface area contributed by atoms with E-state index in [2.05, 4.69) is 30.2 Å². The molecule has 3 heteroatoms. The highest BCUT2D eigenvalue weighted by Gasteiger charge is 2.30. The Morgan fingerprint density at radius 2 is 2.47 bits per heavy atom. The zero-order valence-electron chi connectivity index (χ0n) is 10.7. The van der Waals surface area contributed by atoms with E-state index in [1.807, 2.05) is 18.5 Å². The standard InChI is InChI=1S/C14H22N2O/c1-3-6-16-14(12-5-4-7-15-9-12)13-8-11(2)17-10-13/h4-5,7,9,11,13-14,16H,3,6,8,10H2,1-2H3. The molecule has 0 amide bonds. The van der Waals surface area contributed by atoms with Crippen LogP contribution in [0.1, 0.15) is 38.3 Å². The van der Waals surface area contributed by atoms with Crippen molar-refractivity contribution in [3.8, 4) is 0 Å². The van der Waals surface area contributed by atoms with Gasteiger partial charge in [0.05, 0.1) is 12.7 Å². The lowest BCUT2D eigenvalue weighted by molar-refractivity contribution is 0.117. The Bertz CT molecular complexity index is 328. The van der Waals surface area contributed by atoms with E-state index in [0.29, 0.717) is 18.1 Å². The molecule has 3 nitrogen and oxygen atoms in total. The third-order valence-electron chi connectivity index (χ3n) is 3.36. The summed E-state index contributed by atoms with van der Waals surface area (Å²) < 4.78 is 5.69. The van der Waals surface area contributed by atoms with Crippen LogP contribution in [0.15, 0.2) is 24.5 Å². The predicted octanol–water partition coefficient (Wildman–Crippen LogP) is 2.55. The van der Waals surface area contributed by atoms with E-state index >= 15 is 0 Å². The molecular formula is C14H22N2O. The van der Waals surface area contributed by atoms with Crippen molar-refractivity contribution < 1.29 is 4.74 Å². The Morgan fingerprint density at radius 3 is 3.06 bits per heavy atom. The maximum absolute atomic E-state index is 5.69. The van der Waals surface area contributed by atoms with E-state index in [1.165, 1.54) is 5.56 Å². The van der Waals surface area contributed by atoms with Crippen molar-refractivity contribution in [2.45, 2.75) is 38.8 Å². The van der Waals surface area contributed by atoms with E-state index < -0.39 is 0 Å². The third kappa shape index (κ3) is 3.27. The molecule has 0 radical (unpaired) electrons. The van der Waals surface area contributed by atoms with Crippen LogP contribution in [0, 0.1) is 5.92 Å². The molecule has 1 aliphatic heterocycles. The maximum atomic E-state index is 5.69. The molecule has 2 heterocycles. The van der Waals surface area contributed by atoms with Crippen molar-refractivity contribution in [1.29, 1.82) is 0 Å². The van der Waals surface area contributed by atoms with Gasteiger partial charge in [0.1, 0.15) is 0 Å². The van der Waals surface area contributed by atoms with Gasteiger partial charge in [-0.15, -0.1) is 0 Å². The quantitative estimate of drug-likeness (QED) is 0.850. The maximum Gasteiger partial charge on any atom is 0.0551 e. The van der Waals surface area contributed by atoms with Gasteiger partial charge in [0.25, 0.3) is 0 Å². The van der Waals surface area contributed by atoms with E-state index in [1.54, 1.807) is 0 Å². The lowest BCUT2D eigenvalue weighted by Crippen LogP contribution is -2.29. The van der Waals surface area contributed by atoms with Gasteiger partial charge in [-0.05, 0) is 37.9 Å². The molecule has 1 aliphatic rings. The Hall–Kier alpha value is -0.930. The molecule has 0 spiro atoms. The molecule has 1 N–H and O–H groups in total. The number of hydrogen-bond donors (Lipinski definition) is 1. The summed E-state index contributed by atoms with van der Waals surface area (Å²) in [7, 11) is 0. The lowest BCUT2D eigenvalue weighted by Gasteiger charge is -2.24. The molecule has 0 bridgehead atoms. The number of pyridine rings is 1. The van der Waals surface area contributed by atoms with Gasteiger partial charge >= 0.3 is 0 Å². The second-order valence-electron chi connectivity index (χ2n) is 4.86. The summed E-state index contributed by atoms with van der Waals surface area (Å²) in [5, 5.41) is 3.63. The fraction of sp³-hybridized carbons (Fsp3) is 0.643. The largest absolute Gasteiger partial charge is 0.378 e. The summed E-state index contributed by atoms with van der Waals surface area (Å²) in [5.41, 5.74) is 1.28. The Balaban J connectivity index is 2.08. The normalized spacial score (nSPS) is 26.0. The van der Waals surface area contributed by atoms with Gasteiger partial charge in [-0.25, -0.2) is 0 Å². The van der Waals surface area contributed by atoms with Crippen LogP contribution in [0.3, 0.4) is 0 Å². The van der Waals surface area contributed by atoms with E-state index in [4.69, 9.17) is 4.74 Å². The molecule has 0 aliphatic carbocycles. The highest BCUT2D eigenvalue weighted by molar-refractivity contribution is 5.15. The number of rotatable bonds is 5. The zero-order chi connectivity index (χ0) is 12.1. The number of nitrogens with zero attached hydrogens (tertiary/aromatic N) is 1. The van der Waals surface area contributed by atoms with Crippen molar-refractivity contribution in [2.75, 3.05) is 13.2 Å². The van der Waals surface area contributed by atoms with Gasteiger partial charge in [0.2, 0.25) is 0 Å². The molecule has 1 saturated heterocycles. The Morgan fingerprint density at radius 1 is 1.59 bits per heavy atom. The molecule has 17 heavy (non-hydrogen) atoms. The highest BCUT2D eigenvalue weighted by Crippen LogP contribution is 2.31. The first-order valence-electron chi connectivity index (χ1n) is 6.56. The van der Waals surface area contributed by atoms with Crippen LogP contribution in [-0.4, -0.2) is 24.2 Å². The first-order chi connectivity index (χ1) is 8.31. The van der Waals surface area contributed by atoms with Crippen LogP contribution >= 0.6 is 0 Å². The van der Waals surface area contributed by atoms with Crippen LogP contribution in [0.4, 0.5) is 0 Å². The zero-order valence-corrected chi connectivity index (χ0v) is 10.7. The fourth-order valence-corrected chi connectivity index (χ4v) is 2.50. The molecule has 94 valence electrons. The fourth-order valence-electron chi connectivity index (χ4n) is 2.50. The van der Waals surface area contributed by atoms with Gasteiger partial charge in [0.15, 0.2) is 0 Å². The average molecular weight is 234 g/mol. The van der Waals surface area contributed by atoms with Crippen LogP contribution in [0.5, 0.6) is 0 Å². The number of nitrogens with one attached hydrogen (secondary N) is 1. The van der Waals surface area contributed by atoms with Crippen molar-refractivity contribution >= 4 is 0 Å². The average Bonchev–Trinajstić information content (AvgIpc) is 2.78. The molecule has 1 fully saturated rings. The summed E-state index contributed by atoms with van der Waals surface area (Å²) in [4.78, 5) is 4.22.